The largest absolute Gasteiger partial charge is 0.505 e. The van der Waals surface area contributed by atoms with Gasteiger partial charge >= 0.3 is 0 Å². The minimum Gasteiger partial charge on any atom is -0.505 e. The highest BCUT2D eigenvalue weighted by molar-refractivity contribution is 6.02. The Hall–Kier alpha value is -2.63. The first-order chi connectivity index (χ1) is 9.88. The van der Waals surface area contributed by atoms with Crippen molar-refractivity contribution in [3.8, 4) is 22.6 Å². The van der Waals surface area contributed by atoms with Crippen LogP contribution in [0.4, 0.5) is 8.78 Å². The van der Waals surface area contributed by atoms with E-state index in [1.54, 1.807) is 0 Å². The molecule has 1 amide bonds. The van der Waals surface area contributed by atoms with Crippen molar-refractivity contribution in [2.45, 2.75) is 6.54 Å². The summed E-state index contributed by atoms with van der Waals surface area (Å²) in [5.74, 6) is -3.34. The first-order valence-electron chi connectivity index (χ1n) is 6.18. The van der Waals surface area contributed by atoms with Gasteiger partial charge in [-0.05, 0) is 41.0 Å². The fourth-order valence-electron chi connectivity index (χ4n) is 2.48. The lowest BCUT2D eigenvalue weighted by Gasteiger charge is -2.15. The van der Waals surface area contributed by atoms with Crippen LogP contribution >= 0.6 is 0 Å². The van der Waals surface area contributed by atoms with E-state index in [2.05, 4.69) is 0 Å². The van der Waals surface area contributed by atoms with Gasteiger partial charge < -0.3 is 15.1 Å². The lowest BCUT2D eigenvalue weighted by Crippen LogP contribution is -2.24. The third kappa shape index (κ3) is 1.99. The third-order valence-corrected chi connectivity index (χ3v) is 3.53. The molecule has 1 aliphatic heterocycles. The minimum absolute atomic E-state index is 0.0836. The second kappa shape index (κ2) is 4.44. The highest BCUT2D eigenvalue weighted by Gasteiger charge is 2.26. The van der Waals surface area contributed by atoms with E-state index in [1.165, 1.54) is 18.0 Å². The molecule has 0 aromatic heterocycles. The van der Waals surface area contributed by atoms with Crippen LogP contribution in [0.3, 0.4) is 0 Å². The van der Waals surface area contributed by atoms with E-state index in [-0.39, 0.29) is 17.7 Å². The zero-order chi connectivity index (χ0) is 15.3. The molecule has 2 aromatic rings. The van der Waals surface area contributed by atoms with Crippen molar-refractivity contribution in [2.24, 2.45) is 0 Å². The Balaban J connectivity index is 2.38. The van der Waals surface area contributed by atoms with Crippen LogP contribution in [0, 0.1) is 11.6 Å². The molecule has 0 saturated heterocycles. The number of benzene rings is 2. The van der Waals surface area contributed by atoms with E-state index >= 15 is 0 Å². The number of aromatic hydroxyl groups is 2. The molecule has 0 bridgehead atoms. The number of phenolic OH excluding ortho intramolecular Hbond substituents is 2. The highest BCUT2D eigenvalue weighted by atomic mass is 19.1. The van der Waals surface area contributed by atoms with E-state index < -0.39 is 29.0 Å². The molecule has 0 aliphatic carbocycles. The molecule has 21 heavy (non-hydrogen) atoms. The zero-order valence-corrected chi connectivity index (χ0v) is 11.0. The molecule has 108 valence electrons. The number of hydrogen-bond acceptors (Lipinski definition) is 3. The van der Waals surface area contributed by atoms with Gasteiger partial charge in [0.15, 0.2) is 23.1 Å². The van der Waals surface area contributed by atoms with Crippen LogP contribution in [-0.2, 0) is 6.54 Å². The predicted octanol–water partition coefficient (Wildman–Crippen LogP) is 2.63. The molecular weight excluding hydrogens is 280 g/mol. The van der Waals surface area contributed by atoms with Gasteiger partial charge in [0.25, 0.3) is 5.91 Å². The summed E-state index contributed by atoms with van der Waals surface area (Å²) in [5.41, 5.74) is 1.08. The summed E-state index contributed by atoms with van der Waals surface area (Å²) in [7, 11) is 1.53. The normalized spacial score (nSPS) is 13.7. The van der Waals surface area contributed by atoms with Crippen molar-refractivity contribution >= 4 is 5.91 Å². The summed E-state index contributed by atoms with van der Waals surface area (Å²) in [6.45, 7) is 0.138. The maximum Gasteiger partial charge on any atom is 0.254 e. The average molecular weight is 291 g/mol. The number of hydrogen-bond donors (Lipinski definition) is 2. The van der Waals surface area contributed by atoms with Crippen LogP contribution in [0.2, 0.25) is 0 Å². The molecule has 1 heterocycles. The van der Waals surface area contributed by atoms with Gasteiger partial charge in [0.05, 0.1) is 5.56 Å². The Bertz CT molecular complexity index is 774. The number of phenols is 2. The monoisotopic (exact) mass is 291 g/mol. The quantitative estimate of drug-likeness (QED) is 0.784. The third-order valence-electron chi connectivity index (χ3n) is 3.53. The number of halogens is 2. The van der Waals surface area contributed by atoms with Gasteiger partial charge in [-0.3, -0.25) is 4.79 Å². The summed E-state index contributed by atoms with van der Waals surface area (Å²) in [6, 6.07) is 4.31. The fourth-order valence-corrected chi connectivity index (χ4v) is 2.48. The standard InChI is InChI=1S/C15H11F2NO3/c1-18-6-7-2-13(19)11(16)3-8(7)9-4-12(17)14(20)5-10(9)15(18)21/h2-5,19-20H,6H2,1H3. The van der Waals surface area contributed by atoms with Crippen molar-refractivity contribution in [3.05, 3.63) is 47.0 Å². The summed E-state index contributed by atoms with van der Waals surface area (Å²) in [6.07, 6.45) is 0. The molecule has 0 atom stereocenters. The number of nitrogens with zero attached hydrogens (tertiary/aromatic N) is 1. The molecule has 0 fully saturated rings. The second-order valence-corrected chi connectivity index (χ2v) is 4.97. The van der Waals surface area contributed by atoms with E-state index in [9.17, 15) is 23.8 Å². The topological polar surface area (TPSA) is 60.8 Å². The number of fused-ring (bicyclic) bond motifs is 3. The van der Waals surface area contributed by atoms with Gasteiger partial charge in [0.1, 0.15) is 0 Å². The lowest BCUT2D eigenvalue weighted by atomic mass is 9.95. The molecule has 1 aliphatic rings. The van der Waals surface area contributed by atoms with Crippen molar-refractivity contribution in [2.75, 3.05) is 7.05 Å². The number of carbonyl (C=O) groups excluding carboxylic acids is 1. The van der Waals surface area contributed by atoms with Crippen molar-refractivity contribution in [1.82, 2.24) is 4.90 Å². The molecule has 0 radical (unpaired) electrons. The lowest BCUT2D eigenvalue weighted by molar-refractivity contribution is 0.0788. The molecule has 2 N–H and O–H groups in total. The molecule has 2 aromatic carbocycles. The van der Waals surface area contributed by atoms with E-state index in [0.717, 1.165) is 18.2 Å². The summed E-state index contributed by atoms with van der Waals surface area (Å²) in [5, 5.41) is 18.9. The molecule has 4 nitrogen and oxygen atoms in total. The SMILES string of the molecule is CN1Cc2cc(O)c(F)cc2-c2cc(F)c(O)cc2C1=O. The minimum atomic E-state index is -0.898. The molecule has 0 spiro atoms. The van der Waals surface area contributed by atoms with Crippen LogP contribution in [-0.4, -0.2) is 28.1 Å². The van der Waals surface area contributed by atoms with Gasteiger partial charge in [0, 0.05) is 13.6 Å². The predicted molar refractivity (Wildman–Crippen MR) is 70.9 cm³/mol. The van der Waals surface area contributed by atoms with E-state index in [0.29, 0.717) is 11.1 Å². The maximum absolute atomic E-state index is 13.6. The maximum atomic E-state index is 13.6. The van der Waals surface area contributed by atoms with Crippen LogP contribution in [0.15, 0.2) is 24.3 Å². The molecule has 0 unspecified atom stereocenters. The smallest absolute Gasteiger partial charge is 0.254 e. The van der Waals surface area contributed by atoms with Gasteiger partial charge in [-0.25, -0.2) is 8.78 Å². The highest BCUT2D eigenvalue weighted by Crippen LogP contribution is 2.37. The second-order valence-electron chi connectivity index (χ2n) is 4.97. The van der Waals surface area contributed by atoms with Crippen molar-refractivity contribution < 1.29 is 23.8 Å². The van der Waals surface area contributed by atoms with Crippen molar-refractivity contribution in [1.29, 1.82) is 0 Å². The molecule has 6 heteroatoms. The molecule has 3 rings (SSSR count). The number of rotatable bonds is 0. The molecule has 0 saturated carbocycles. The van der Waals surface area contributed by atoms with E-state index in [1.807, 2.05) is 0 Å². The summed E-state index contributed by atoms with van der Waals surface area (Å²) in [4.78, 5) is 13.6. The van der Waals surface area contributed by atoms with Crippen molar-refractivity contribution in [3.63, 3.8) is 0 Å². The van der Waals surface area contributed by atoms with Gasteiger partial charge in [-0.15, -0.1) is 0 Å². The van der Waals surface area contributed by atoms with Crippen LogP contribution < -0.4 is 0 Å². The van der Waals surface area contributed by atoms with Crippen LogP contribution in [0.25, 0.3) is 11.1 Å². The Labute approximate surface area is 118 Å². The van der Waals surface area contributed by atoms with Gasteiger partial charge in [0.2, 0.25) is 0 Å². The Morgan fingerprint density at radius 2 is 1.52 bits per heavy atom. The van der Waals surface area contributed by atoms with Crippen LogP contribution in [0.1, 0.15) is 15.9 Å². The first kappa shape index (κ1) is 13.4. The fraction of sp³-hybridized carbons (Fsp3) is 0.133. The Morgan fingerprint density at radius 1 is 0.952 bits per heavy atom. The Morgan fingerprint density at radius 3 is 2.19 bits per heavy atom. The summed E-state index contributed by atoms with van der Waals surface area (Å²) >= 11 is 0. The first-order valence-corrected chi connectivity index (χ1v) is 6.18. The number of carbonyl (C=O) groups is 1. The van der Waals surface area contributed by atoms with Crippen LogP contribution in [0.5, 0.6) is 11.5 Å². The van der Waals surface area contributed by atoms with Gasteiger partial charge in [-0.2, -0.15) is 0 Å². The summed E-state index contributed by atoms with van der Waals surface area (Å²) < 4.78 is 27.2. The number of amides is 1. The average Bonchev–Trinajstić information content (AvgIpc) is 2.51. The Kier molecular flexibility index (Phi) is 2.83. The zero-order valence-electron chi connectivity index (χ0n) is 11.0. The molecular formula is C15H11F2NO3. The van der Waals surface area contributed by atoms with Gasteiger partial charge in [-0.1, -0.05) is 0 Å². The van der Waals surface area contributed by atoms with E-state index in [4.69, 9.17) is 0 Å².